The average Bonchev–Trinajstić information content (AvgIpc) is 2.42. The Balaban J connectivity index is 0.00000200. The van der Waals surface area contributed by atoms with E-state index >= 15 is 0 Å². The van der Waals surface area contributed by atoms with Crippen LogP contribution in [0.25, 0.3) is 0 Å². The van der Waals surface area contributed by atoms with Crippen LogP contribution in [0.4, 0.5) is 5.69 Å². The van der Waals surface area contributed by atoms with E-state index in [-0.39, 0.29) is 12.4 Å². The van der Waals surface area contributed by atoms with Crippen LogP contribution in [0.3, 0.4) is 0 Å². The first-order chi connectivity index (χ1) is 9.02. The summed E-state index contributed by atoms with van der Waals surface area (Å²) in [5.74, 6) is 0. The van der Waals surface area contributed by atoms with E-state index in [9.17, 15) is 15.3 Å². The van der Waals surface area contributed by atoms with E-state index in [2.05, 4.69) is 0 Å². The molecule has 6 N–H and O–H groups in total. The third-order valence-corrected chi connectivity index (χ3v) is 4.15. The Morgan fingerprint density at radius 2 is 1.65 bits per heavy atom. The molecule has 0 bridgehead atoms. The number of halogens is 1. The molecule has 0 radical (unpaired) electrons. The van der Waals surface area contributed by atoms with Gasteiger partial charge in [0.05, 0.1) is 6.61 Å². The molecule has 1 saturated heterocycles. The maximum absolute atomic E-state index is 9.87. The summed E-state index contributed by atoms with van der Waals surface area (Å²) in [6.45, 7) is -0.427. The van der Waals surface area contributed by atoms with Gasteiger partial charge in [0, 0.05) is 10.6 Å². The van der Waals surface area contributed by atoms with E-state index in [4.69, 9.17) is 15.6 Å². The van der Waals surface area contributed by atoms with Crippen LogP contribution in [0.15, 0.2) is 29.2 Å². The van der Waals surface area contributed by atoms with Gasteiger partial charge in [-0.15, -0.1) is 12.4 Å². The minimum Gasteiger partial charge on any atom is -0.399 e. The van der Waals surface area contributed by atoms with Crippen LogP contribution in [0, 0.1) is 0 Å². The van der Waals surface area contributed by atoms with Crippen LogP contribution < -0.4 is 5.73 Å². The van der Waals surface area contributed by atoms with Gasteiger partial charge >= 0.3 is 0 Å². The predicted octanol–water partition coefficient (Wildman–Crippen LogP) is -0.417. The molecule has 1 aliphatic rings. The molecule has 6 nitrogen and oxygen atoms in total. The number of thioether (sulfide) groups is 1. The Morgan fingerprint density at radius 3 is 2.20 bits per heavy atom. The predicted molar refractivity (Wildman–Crippen MR) is 77.7 cm³/mol. The molecule has 0 spiro atoms. The normalized spacial score (nSPS) is 33.5. The fraction of sp³-hybridized carbons (Fsp3) is 0.500. The minimum atomic E-state index is -1.35. The number of nitrogen functional groups attached to an aromatic ring is 1. The highest BCUT2D eigenvalue weighted by Crippen LogP contribution is 2.33. The maximum Gasteiger partial charge on any atom is 0.136 e. The van der Waals surface area contributed by atoms with Crippen LogP contribution in [-0.2, 0) is 4.74 Å². The van der Waals surface area contributed by atoms with Crippen molar-refractivity contribution in [1.29, 1.82) is 0 Å². The summed E-state index contributed by atoms with van der Waals surface area (Å²) in [7, 11) is 0. The van der Waals surface area contributed by atoms with Gasteiger partial charge in [-0.3, -0.25) is 0 Å². The van der Waals surface area contributed by atoms with Gasteiger partial charge < -0.3 is 30.9 Å². The van der Waals surface area contributed by atoms with Crippen LogP contribution in [0.5, 0.6) is 0 Å². The largest absolute Gasteiger partial charge is 0.399 e. The van der Waals surface area contributed by atoms with Gasteiger partial charge in [-0.05, 0) is 24.3 Å². The summed E-state index contributed by atoms with van der Waals surface area (Å²) >= 11 is 1.20. The van der Waals surface area contributed by atoms with E-state index in [1.165, 1.54) is 11.8 Å². The molecule has 20 heavy (non-hydrogen) atoms. The number of hydrogen-bond acceptors (Lipinski definition) is 7. The van der Waals surface area contributed by atoms with Crippen molar-refractivity contribution < 1.29 is 25.2 Å². The summed E-state index contributed by atoms with van der Waals surface area (Å²) in [5, 5.41) is 38.3. The Labute approximate surface area is 127 Å². The first-order valence-electron chi connectivity index (χ1n) is 5.85. The summed E-state index contributed by atoms with van der Waals surface area (Å²) in [6, 6.07) is 6.96. The topological polar surface area (TPSA) is 116 Å². The van der Waals surface area contributed by atoms with Gasteiger partial charge in [-0.25, -0.2) is 0 Å². The van der Waals surface area contributed by atoms with Gasteiger partial charge in [0.2, 0.25) is 0 Å². The van der Waals surface area contributed by atoms with E-state index < -0.39 is 36.5 Å². The lowest BCUT2D eigenvalue weighted by Gasteiger charge is -2.39. The summed E-state index contributed by atoms with van der Waals surface area (Å²) in [6.07, 6.45) is -4.80. The molecule has 1 aromatic carbocycles. The highest BCUT2D eigenvalue weighted by Gasteiger charge is 2.43. The average molecular weight is 324 g/mol. The van der Waals surface area contributed by atoms with Crippen molar-refractivity contribution in [3.05, 3.63) is 24.3 Å². The molecule has 8 heteroatoms. The Kier molecular flexibility index (Phi) is 6.53. The van der Waals surface area contributed by atoms with Crippen molar-refractivity contribution in [2.75, 3.05) is 12.3 Å². The molecule has 114 valence electrons. The molecule has 0 aromatic heterocycles. The molecule has 0 aliphatic carbocycles. The van der Waals surface area contributed by atoms with Crippen molar-refractivity contribution in [2.45, 2.75) is 34.7 Å². The van der Waals surface area contributed by atoms with Gasteiger partial charge in [-0.2, -0.15) is 0 Å². The Bertz CT molecular complexity index is 419. The summed E-state index contributed by atoms with van der Waals surface area (Å²) in [4.78, 5) is 0.804. The highest BCUT2D eigenvalue weighted by molar-refractivity contribution is 7.99. The lowest BCUT2D eigenvalue weighted by Crippen LogP contribution is -2.57. The van der Waals surface area contributed by atoms with Gasteiger partial charge in [0.25, 0.3) is 0 Å². The molecule has 1 aromatic rings. The Morgan fingerprint density at radius 1 is 1.05 bits per heavy atom. The molecule has 1 fully saturated rings. The molecule has 1 aliphatic heterocycles. The third kappa shape index (κ3) is 3.76. The third-order valence-electron chi connectivity index (χ3n) is 2.98. The van der Waals surface area contributed by atoms with Gasteiger partial charge in [-0.1, -0.05) is 11.8 Å². The molecule has 0 amide bonds. The second kappa shape index (κ2) is 7.46. The zero-order valence-electron chi connectivity index (χ0n) is 10.5. The molecular formula is C12H18ClNO5S. The summed E-state index contributed by atoms with van der Waals surface area (Å²) in [5.41, 5.74) is 5.43. The number of ether oxygens (including phenoxy) is 1. The SMILES string of the molecule is Cl.Nc1ccc(SC2OC(CO)C(O)C(O)C2O)cc1. The van der Waals surface area contributed by atoms with Gasteiger partial charge in [0.1, 0.15) is 29.9 Å². The molecule has 0 saturated carbocycles. The maximum atomic E-state index is 9.87. The number of hydrogen-bond donors (Lipinski definition) is 5. The van der Waals surface area contributed by atoms with Crippen molar-refractivity contribution in [3.63, 3.8) is 0 Å². The first-order valence-corrected chi connectivity index (χ1v) is 6.73. The van der Waals surface area contributed by atoms with E-state index in [1.807, 2.05) is 0 Å². The van der Waals surface area contributed by atoms with Crippen molar-refractivity contribution in [3.8, 4) is 0 Å². The zero-order chi connectivity index (χ0) is 14.0. The number of anilines is 1. The molecule has 1 heterocycles. The Hall–Kier alpha value is -0.540. The first kappa shape index (κ1) is 17.5. The number of nitrogens with two attached hydrogens (primary N) is 1. The van der Waals surface area contributed by atoms with Gasteiger partial charge in [0.15, 0.2) is 0 Å². The standard InChI is InChI=1S/C12H17NO5S.ClH/c13-6-1-3-7(4-2-6)19-12-11(17)10(16)9(15)8(5-14)18-12;/h1-4,8-12,14-17H,5,13H2;1H. The second-order valence-corrected chi connectivity index (χ2v) is 5.56. The molecule has 5 unspecified atom stereocenters. The fourth-order valence-electron chi connectivity index (χ4n) is 1.85. The van der Waals surface area contributed by atoms with E-state index in [0.29, 0.717) is 5.69 Å². The zero-order valence-corrected chi connectivity index (χ0v) is 12.1. The number of benzene rings is 1. The lowest BCUT2D eigenvalue weighted by atomic mass is 10.0. The van der Waals surface area contributed by atoms with Crippen molar-refractivity contribution in [1.82, 2.24) is 0 Å². The number of rotatable bonds is 3. The summed E-state index contributed by atoms with van der Waals surface area (Å²) < 4.78 is 5.39. The monoisotopic (exact) mass is 323 g/mol. The smallest absolute Gasteiger partial charge is 0.136 e. The lowest BCUT2D eigenvalue weighted by molar-refractivity contribution is -0.205. The molecule has 2 rings (SSSR count). The molecular weight excluding hydrogens is 306 g/mol. The van der Waals surface area contributed by atoms with Crippen LogP contribution in [-0.4, -0.2) is 56.9 Å². The van der Waals surface area contributed by atoms with Crippen LogP contribution >= 0.6 is 24.2 Å². The van der Waals surface area contributed by atoms with Crippen LogP contribution in [0.2, 0.25) is 0 Å². The second-order valence-electron chi connectivity index (χ2n) is 4.38. The fourth-order valence-corrected chi connectivity index (χ4v) is 2.91. The van der Waals surface area contributed by atoms with Crippen molar-refractivity contribution >= 4 is 29.9 Å². The minimum absolute atomic E-state index is 0. The number of aliphatic hydroxyl groups excluding tert-OH is 4. The highest BCUT2D eigenvalue weighted by atomic mass is 35.5. The quantitative estimate of drug-likeness (QED) is 0.480. The van der Waals surface area contributed by atoms with E-state index in [1.54, 1.807) is 24.3 Å². The van der Waals surface area contributed by atoms with E-state index in [0.717, 1.165) is 4.90 Å². The number of aliphatic hydroxyl groups is 4. The van der Waals surface area contributed by atoms with Crippen molar-refractivity contribution in [2.24, 2.45) is 0 Å². The van der Waals surface area contributed by atoms with Crippen LogP contribution in [0.1, 0.15) is 0 Å². The molecule has 5 atom stereocenters.